The Hall–Kier alpha value is -1.44. The zero-order valence-corrected chi connectivity index (χ0v) is 14.1. The van der Waals surface area contributed by atoms with Gasteiger partial charge in [0.15, 0.2) is 0 Å². The van der Waals surface area contributed by atoms with Crippen molar-refractivity contribution in [2.24, 2.45) is 5.92 Å². The van der Waals surface area contributed by atoms with Crippen molar-refractivity contribution in [3.05, 3.63) is 29.3 Å². The number of benzene rings is 1. The maximum atomic E-state index is 13.0. The summed E-state index contributed by atoms with van der Waals surface area (Å²) >= 11 is 0. The number of nitrogens with zero attached hydrogens (tertiary/aromatic N) is 1. The minimum atomic E-state index is -3.65. The highest BCUT2D eigenvalue weighted by Gasteiger charge is 2.48. The third-order valence-electron chi connectivity index (χ3n) is 5.02. The molecule has 0 spiro atoms. The van der Waals surface area contributed by atoms with Crippen LogP contribution in [0.2, 0.25) is 0 Å². The molecule has 1 atom stereocenters. The molecular formula is C16H21NO5S. The Morgan fingerprint density at radius 2 is 2.04 bits per heavy atom. The predicted molar refractivity (Wildman–Crippen MR) is 83.3 cm³/mol. The van der Waals surface area contributed by atoms with E-state index in [4.69, 9.17) is 9.84 Å². The highest BCUT2D eigenvalue weighted by Crippen LogP contribution is 2.40. The molecule has 126 valence electrons. The van der Waals surface area contributed by atoms with Crippen LogP contribution in [0, 0.1) is 5.92 Å². The largest absolute Gasteiger partial charge is 0.481 e. The van der Waals surface area contributed by atoms with E-state index < -0.39 is 21.5 Å². The lowest BCUT2D eigenvalue weighted by molar-refractivity contribution is -0.138. The summed E-state index contributed by atoms with van der Waals surface area (Å²) in [7, 11) is -3.65. The number of rotatable bonds is 4. The van der Waals surface area contributed by atoms with Crippen molar-refractivity contribution >= 4 is 16.0 Å². The zero-order valence-electron chi connectivity index (χ0n) is 13.3. The highest BCUT2D eigenvalue weighted by molar-refractivity contribution is 7.89. The lowest BCUT2D eigenvalue weighted by Gasteiger charge is -2.34. The van der Waals surface area contributed by atoms with Crippen LogP contribution in [-0.2, 0) is 32.8 Å². The van der Waals surface area contributed by atoms with Crippen molar-refractivity contribution in [2.45, 2.75) is 50.3 Å². The average Bonchev–Trinajstić information content (AvgIpc) is 3.02. The van der Waals surface area contributed by atoms with Crippen LogP contribution in [0.3, 0.4) is 0 Å². The van der Waals surface area contributed by atoms with Crippen molar-refractivity contribution in [1.29, 1.82) is 0 Å². The molecule has 0 aromatic heterocycles. The molecule has 3 rings (SSSR count). The number of carboxylic acids is 1. The van der Waals surface area contributed by atoms with Crippen molar-refractivity contribution in [1.82, 2.24) is 4.31 Å². The number of carbonyl (C=O) groups is 1. The summed E-state index contributed by atoms with van der Waals surface area (Å²) in [5, 5.41) is 9.04. The van der Waals surface area contributed by atoms with E-state index >= 15 is 0 Å². The SMILES string of the molecule is CC1(C)C(CC(=O)O)CCN1S(=O)(=O)c1ccc2c(c1)COC2. The van der Waals surface area contributed by atoms with E-state index in [1.54, 1.807) is 18.2 Å². The van der Waals surface area contributed by atoms with Crippen molar-refractivity contribution < 1.29 is 23.1 Å². The first-order valence-corrected chi connectivity index (χ1v) is 9.11. The van der Waals surface area contributed by atoms with Crippen LogP contribution < -0.4 is 0 Å². The number of sulfonamides is 1. The monoisotopic (exact) mass is 339 g/mol. The normalized spacial score (nSPS) is 23.8. The van der Waals surface area contributed by atoms with Gasteiger partial charge in [0.05, 0.1) is 18.1 Å². The van der Waals surface area contributed by atoms with Gasteiger partial charge in [-0.05, 0) is 49.4 Å². The second kappa shape index (κ2) is 5.58. The van der Waals surface area contributed by atoms with Crippen molar-refractivity contribution in [3.63, 3.8) is 0 Å². The van der Waals surface area contributed by atoms with Crippen LogP contribution in [0.4, 0.5) is 0 Å². The maximum absolute atomic E-state index is 13.0. The lowest BCUT2D eigenvalue weighted by Crippen LogP contribution is -2.46. The first-order chi connectivity index (χ1) is 10.7. The number of carboxylic acid groups (broad SMARTS) is 1. The molecule has 1 N–H and O–H groups in total. The Morgan fingerprint density at radius 1 is 1.35 bits per heavy atom. The van der Waals surface area contributed by atoms with Gasteiger partial charge in [-0.1, -0.05) is 6.07 Å². The van der Waals surface area contributed by atoms with Crippen molar-refractivity contribution in [3.8, 4) is 0 Å². The number of hydrogen-bond donors (Lipinski definition) is 1. The van der Waals surface area contributed by atoms with Gasteiger partial charge < -0.3 is 9.84 Å². The Kier molecular flexibility index (Phi) is 3.98. The second-order valence-corrected chi connectivity index (χ2v) is 8.60. The summed E-state index contributed by atoms with van der Waals surface area (Å²) < 4.78 is 32.8. The first kappa shape index (κ1) is 16.4. The molecule has 1 aromatic carbocycles. The lowest BCUT2D eigenvalue weighted by atomic mass is 9.87. The molecular weight excluding hydrogens is 318 g/mol. The molecule has 1 saturated heterocycles. The Bertz CT molecular complexity index is 741. The van der Waals surface area contributed by atoms with E-state index in [2.05, 4.69) is 0 Å². The minimum Gasteiger partial charge on any atom is -0.481 e. The molecule has 7 heteroatoms. The fourth-order valence-corrected chi connectivity index (χ4v) is 5.45. The minimum absolute atomic E-state index is 0.0168. The van der Waals surface area contributed by atoms with Gasteiger partial charge in [0.25, 0.3) is 0 Å². The van der Waals surface area contributed by atoms with Gasteiger partial charge in [0.1, 0.15) is 0 Å². The Balaban J connectivity index is 1.92. The molecule has 6 nitrogen and oxygen atoms in total. The number of fused-ring (bicyclic) bond motifs is 1. The molecule has 0 amide bonds. The fourth-order valence-electron chi connectivity index (χ4n) is 3.55. The van der Waals surface area contributed by atoms with Gasteiger partial charge in [-0.2, -0.15) is 4.31 Å². The summed E-state index contributed by atoms with van der Waals surface area (Å²) in [4.78, 5) is 11.3. The van der Waals surface area contributed by atoms with E-state index in [-0.39, 0.29) is 17.2 Å². The van der Waals surface area contributed by atoms with Crippen LogP contribution in [0.15, 0.2) is 23.1 Å². The summed E-state index contributed by atoms with van der Waals surface area (Å²) in [5.41, 5.74) is 1.21. The molecule has 1 unspecified atom stereocenters. The van der Waals surface area contributed by atoms with Gasteiger partial charge in [-0.3, -0.25) is 4.79 Å². The van der Waals surface area contributed by atoms with E-state index in [1.807, 2.05) is 13.8 Å². The molecule has 2 aliphatic heterocycles. The topological polar surface area (TPSA) is 83.9 Å². The summed E-state index contributed by atoms with van der Waals surface area (Å²) in [5.74, 6) is -1.08. The molecule has 23 heavy (non-hydrogen) atoms. The predicted octanol–water partition coefficient (Wildman–Crippen LogP) is 1.98. The summed E-state index contributed by atoms with van der Waals surface area (Å²) in [6.07, 6.45) is 0.545. The van der Waals surface area contributed by atoms with Crippen LogP contribution in [0.5, 0.6) is 0 Å². The van der Waals surface area contributed by atoms with Gasteiger partial charge >= 0.3 is 5.97 Å². The first-order valence-electron chi connectivity index (χ1n) is 7.67. The van der Waals surface area contributed by atoms with Crippen LogP contribution in [0.25, 0.3) is 0 Å². The molecule has 0 saturated carbocycles. The third kappa shape index (κ3) is 2.77. The maximum Gasteiger partial charge on any atom is 0.303 e. The van der Waals surface area contributed by atoms with E-state index in [9.17, 15) is 13.2 Å². The van der Waals surface area contributed by atoms with E-state index in [0.29, 0.717) is 26.2 Å². The second-order valence-electron chi connectivity index (χ2n) is 6.74. The van der Waals surface area contributed by atoms with Gasteiger partial charge in [0.2, 0.25) is 10.0 Å². The van der Waals surface area contributed by atoms with Gasteiger partial charge in [-0.25, -0.2) is 8.42 Å². The van der Waals surface area contributed by atoms with E-state index in [0.717, 1.165) is 11.1 Å². The molecule has 0 aliphatic carbocycles. The molecule has 2 aliphatic rings. The number of aliphatic carboxylic acids is 1. The van der Waals surface area contributed by atoms with E-state index in [1.165, 1.54) is 4.31 Å². The zero-order chi connectivity index (χ0) is 16.8. The van der Waals surface area contributed by atoms with Gasteiger partial charge in [0, 0.05) is 18.5 Å². The summed E-state index contributed by atoms with van der Waals surface area (Å²) in [6, 6.07) is 5.09. The number of hydrogen-bond acceptors (Lipinski definition) is 4. The average molecular weight is 339 g/mol. The van der Waals surface area contributed by atoms with Crippen LogP contribution >= 0.6 is 0 Å². The standard InChI is InChI=1S/C16H21NO5S/c1-16(2)13(8-15(18)19)5-6-17(16)23(20,21)14-4-3-11-9-22-10-12(11)7-14/h3-4,7,13H,5-6,8-10H2,1-2H3,(H,18,19). The van der Waals surface area contributed by atoms with Crippen LogP contribution in [-0.4, -0.2) is 35.9 Å². The summed E-state index contributed by atoms with van der Waals surface area (Å²) in [6.45, 7) is 4.92. The van der Waals surface area contributed by atoms with Crippen molar-refractivity contribution in [2.75, 3.05) is 6.54 Å². The third-order valence-corrected chi connectivity index (χ3v) is 7.11. The molecule has 0 radical (unpaired) electrons. The fraction of sp³-hybridized carbons (Fsp3) is 0.562. The quantitative estimate of drug-likeness (QED) is 0.907. The smallest absolute Gasteiger partial charge is 0.303 e. The Labute approximate surface area is 136 Å². The number of ether oxygens (including phenoxy) is 1. The molecule has 1 fully saturated rings. The van der Waals surface area contributed by atoms with Gasteiger partial charge in [-0.15, -0.1) is 0 Å². The highest BCUT2D eigenvalue weighted by atomic mass is 32.2. The molecule has 0 bridgehead atoms. The van der Waals surface area contributed by atoms with Crippen LogP contribution in [0.1, 0.15) is 37.8 Å². The molecule has 1 aromatic rings. The molecule has 2 heterocycles. The Morgan fingerprint density at radius 3 is 2.74 bits per heavy atom.